The largest absolute Gasteiger partial charge is 0.246 e. The fourth-order valence-corrected chi connectivity index (χ4v) is 9.24. The summed E-state index contributed by atoms with van der Waals surface area (Å²) in [5.74, 6) is 0.607. The molecule has 0 saturated heterocycles. The minimum absolute atomic E-state index is 0.443. The van der Waals surface area contributed by atoms with Crippen molar-refractivity contribution in [2.75, 3.05) is 4.31 Å². The zero-order valence-corrected chi connectivity index (χ0v) is 25.5. The molecular formula is C40H23N3S2. The molecule has 3 heterocycles. The normalized spacial score (nSPS) is 13.1. The summed E-state index contributed by atoms with van der Waals surface area (Å²) in [4.78, 5) is 11.7. The lowest BCUT2D eigenvalue weighted by atomic mass is 9.90. The highest BCUT2D eigenvalue weighted by Gasteiger charge is 2.33. The van der Waals surface area contributed by atoms with Crippen LogP contribution in [0.5, 0.6) is 0 Å². The molecule has 0 N–H and O–H groups in total. The molecule has 0 amide bonds. The van der Waals surface area contributed by atoms with Crippen LogP contribution in [0.1, 0.15) is 1.37 Å². The predicted molar refractivity (Wildman–Crippen MR) is 193 cm³/mol. The molecule has 0 aliphatic carbocycles. The zero-order chi connectivity index (χ0) is 30.4. The summed E-state index contributed by atoms with van der Waals surface area (Å²) < 4.78 is 13.5. The maximum Gasteiger partial charge on any atom is 0.241 e. The van der Waals surface area contributed by atoms with Gasteiger partial charge in [-0.15, -0.1) is 11.3 Å². The number of aromatic nitrogens is 2. The van der Waals surface area contributed by atoms with Crippen molar-refractivity contribution in [2.24, 2.45) is 0 Å². The number of benzene rings is 7. The Hall–Kier alpha value is -5.23. The van der Waals surface area contributed by atoms with E-state index in [2.05, 4.69) is 95.3 Å². The maximum atomic E-state index is 8.77. The summed E-state index contributed by atoms with van der Waals surface area (Å²) in [5.41, 5.74) is 5.99. The van der Waals surface area contributed by atoms with Crippen LogP contribution in [0.15, 0.2) is 144 Å². The minimum Gasteiger partial charge on any atom is -0.246 e. The van der Waals surface area contributed by atoms with E-state index in [1.165, 1.54) is 52.8 Å². The van der Waals surface area contributed by atoms with E-state index in [1.54, 1.807) is 11.9 Å². The van der Waals surface area contributed by atoms with Crippen LogP contribution in [0.3, 0.4) is 0 Å². The summed E-state index contributed by atoms with van der Waals surface area (Å²) in [6, 6.07) is 47.0. The smallest absolute Gasteiger partial charge is 0.241 e. The third kappa shape index (κ3) is 3.65. The fourth-order valence-electron chi connectivity index (χ4n) is 6.86. The summed E-state index contributed by atoms with van der Waals surface area (Å²) in [5, 5.41) is 8.39. The lowest BCUT2D eigenvalue weighted by Crippen LogP contribution is -2.16. The van der Waals surface area contributed by atoms with Gasteiger partial charge >= 0.3 is 0 Å². The first kappa shape index (κ1) is 24.1. The van der Waals surface area contributed by atoms with Gasteiger partial charge < -0.3 is 0 Å². The van der Waals surface area contributed by atoms with E-state index in [0.717, 1.165) is 32.7 Å². The lowest BCUT2D eigenvalue weighted by Gasteiger charge is -2.32. The Morgan fingerprint density at radius 3 is 2.20 bits per heavy atom. The Kier molecular flexibility index (Phi) is 5.17. The van der Waals surface area contributed by atoms with Gasteiger partial charge in [0.25, 0.3) is 0 Å². The molecule has 0 fully saturated rings. The lowest BCUT2D eigenvalue weighted by molar-refractivity contribution is 1.17. The molecule has 10 rings (SSSR count). The van der Waals surface area contributed by atoms with Crippen molar-refractivity contribution in [3.63, 3.8) is 0 Å². The first-order chi connectivity index (χ1) is 22.7. The summed E-state index contributed by atoms with van der Waals surface area (Å²) in [7, 11) is 0. The van der Waals surface area contributed by atoms with E-state index in [9.17, 15) is 0 Å². The number of hydrogen-bond acceptors (Lipinski definition) is 5. The van der Waals surface area contributed by atoms with Crippen LogP contribution in [0.2, 0.25) is 0 Å². The molecule has 3 nitrogen and oxygen atoms in total. The number of nitrogens with zero attached hydrogens (tertiary/aromatic N) is 3. The van der Waals surface area contributed by atoms with Crippen molar-refractivity contribution in [3.05, 3.63) is 140 Å². The average molecular weight is 611 g/mol. The van der Waals surface area contributed by atoms with Crippen molar-refractivity contribution >= 4 is 87.5 Å². The van der Waals surface area contributed by atoms with Gasteiger partial charge in [-0.25, -0.2) is 14.3 Å². The Bertz CT molecular complexity index is 2720. The molecule has 7 aromatic carbocycles. The van der Waals surface area contributed by atoms with Crippen LogP contribution < -0.4 is 4.31 Å². The Balaban J connectivity index is 1.38. The van der Waals surface area contributed by atoms with Gasteiger partial charge in [0.15, 0.2) is 0 Å². The highest BCUT2D eigenvalue weighted by Crippen LogP contribution is 2.59. The van der Waals surface area contributed by atoms with Crippen LogP contribution in [0, 0.1) is 0 Å². The van der Waals surface area contributed by atoms with E-state index in [-0.39, 0.29) is 0 Å². The molecule has 0 unspecified atom stereocenters. The van der Waals surface area contributed by atoms with Crippen LogP contribution in [0.25, 0.3) is 75.0 Å². The Morgan fingerprint density at radius 2 is 1.31 bits per heavy atom. The van der Waals surface area contributed by atoms with Crippen molar-refractivity contribution in [2.45, 2.75) is 4.90 Å². The molecular weight excluding hydrogens is 587 g/mol. The van der Waals surface area contributed by atoms with Gasteiger partial charge in [0.1, 0.15) is 0 Å². The second kappa shape index (κ2) is 9.63. The molecule has 1 aliphatic heterocycles. The minimum atomic E-state index is 0.443. The molecule has 210 valence electrons. The maximum absolute atomic E-state index is 8.77. The van der Waals surface area contributed by atoms with Gasteiger partial charge in [-0.2, -0.15) is 0 Å². The molecule has 0 radical (unpaired) electrons. The quantitative estimate of drug-likeness (QED) is 0.182. The molecule has 5 heteroatoms. The number of hydrogen-bond donors (Lipinski definition) is 0. The van der Waals surface area contributed by atoms with Gasteiger partial charge in [0.2, 0.25) is 5.95 Å². The molecule has 0 saturated carbocycles. The van der Waals surface area contributed by atoms with Gasteiger partial charge in [0.05, 0.1) is 23.0 Å². The number of anilines is 2. The first-order valence-corrected chi connectivity index (χ1v) is 16.5. The van der Waals surface area contributed by atoms with Gasteiger partial charge in [0, 0.05) is 42.4 Å². The number of fused-ring (bicyclic) bond motifs is 13. The second-order valence-corrected chi connectivity index (χ2v) is 13.3. The van der Waals surface area contributed by atoms with Gasteiger partial charge in [-0.05, 0) is 51.7 Å². The average Bonchev–Trinajstić information content (AvgIpc) is 3.51. The molecule has 0 bridgehead atoms. The highest BCUT2D eigenvalue weighted by atomic mass is 32.2. The van der Waals surface area contributed by atoms with Gasteiger partial charge in [-0.3, -0.25) is 0 Å². The van der Waals surface area contributed by atoms with E-state index in [4.69, 9.17) is 11.3 Å². The molecule has 9 aromatic rings. The molecule has 0 atom stereocenters. The van der Waals surface area contributed by atoms with E-state index >= 15 is 0 Å². The number of rotatable bonds is 2. The molecule has 1 aliphatic rings. The van der Waals surface area contributed by atoms with Crippen LogP contribution in [-0.4, -0.2) is 9.97 Å². The number of thiophene rings is 1. The van der Waals surface area contributed by atoms with Crippen molar-refractivity contribution in [1.29, 1.82) is 0 Å². The highest BCUT2D eigenvalue weighted by molar-refractivity contribution is 8.01. The monoisotopic (exact) mass is 610 g/mol. The Morgan fingerprint density at radius 1 is 0.578 bits per heavy atom. The van der Waals surface area contributed by atoms with Crippen molar-refractivity contribution in [1.82, 2.24) is 9.97 Å². The second-order valence-electron chi connectivity index (χ2n) is 11.3. The van der Waals surface area contributed by atoms with Crippen LogP contribution in [0.4, 0.5) is 11.6 Å². The van der Waals surface area contributed by atoms with E-state index < -0.39 is 0 Å². The SMILES string of the molecule is [2H]c1ccccc1-c1nc(N2Sc3ccc4ccccc4c3-c3c2c2sc4ccccc4c2c2ccccc32)nc2ccccc12. The third-order valence-corrected chi connectivity index (χ3v) is 11.0. The topological polar surface area (TPSA) is 29.0 Å². The summed E-state index contributed by atoms with van der Waals surface area (Å²) in [6.45, 7) is 0. The number of para-hydroxylation sites is 1. The third-order valence-electron chi connectivity index (χ3n) is 8.78. The van der Waals surface area contributed by atoms with Crippen LogP contribution in [-0.2, 0) is 0 Å². The van der Waals surface area contributed by atoms with Crippen molar-refractivity contribution in [3.8, 4) is 22.4 Å². The first-order valence-electron chi connectivity index (χ1n) is 15.4. The standard InChI is InChI=1S/C40H23N3S2/c1-2-13-25(14-3-1)37-29-18-8-10-20-31(29)41-40(42-37)43-38-36(35-26-15-5-4-12-24(26)22-23-33(35)45-43)28-17-7-6-16-27(28)34-30-19-9-11-21-32(30)44-39(34)38/h1-23H/i13D. The zero-order valence-electron chi connectivity index (χ0n) is 24.9. The molecule has 0 spiro atoms. The summed E-state index contributed by atoms with van der Waals surface area (Å²) >= 11 is 3.52. The summed E-state index contributed by atoms with van der Waals surface area (Å²) in [6.07, 6.45) is 0. The predicted octanol–water partition coefficient (Wildman–Crippen LogP) is 11.8. The van der Waals surface area contributed by atoms with E-state index in [0.29, 0.717) is 12.0 Å². The van der Waals surface area contributed by atoms with E-state index in [1.807, 2.05) is 53.8 Å². The Labute approximate surface area is 269 Å². The fraction of sp³-hybridized carbons (Fsp3) is 0. The van der Waals surface area contributed by atoms with Crippen LogP contribution >= 0.6 is 23.3 Å². The van der Waals surface area contributed by atoms with Gasteiger partial charge in [-0.1, -0.05) is 121 Å². The molecule has 2 aromatic heterocycles. The molecule has 45 heavy (non-hydrogen) atoms. The van der Waals surface area contributed by atoms with Crippen molar-refractivity contribution < 1.29 is 1.37 Å².